The van der Waals surface area contributed by atoms with Crippen molar-refractivity contribution in [2.24, 2.45) is 0 Å². The van der Waals surface area contributed by atoms with Crippen LogP contribution in [0, 0.1) is 0 Å². The first-order valence-electron chi connectivity index (χ1n) is 5.11. The van der Waals surface area contributed by atoms with Crippen LogP contribution in [-0.4, -0.2) is 47.3 Å². The van der Waals surface area contributed by atoms with E-state index in [2.05, 4.69) is 0 Å². The highest BCUT2D eigenvalue weighted by molar-refractivity contribution is 5.69. The van der Waals surface area contributed by atoms with Gasteiger partial charge in [-0.2, -0.15) is 0 Å². The Morgan fingerprint density at radius 3 is 2.64 bits per heavy atom. The van der Waals surface area contributed by atoms with Crippen molar-refractivity contribution in [1.29, 1.82) is 0 Å². The predicted molar refractivity (Wildman–Crippen MR) is 53.3 cm³/mol. The molecule has 4 heteroatoms. The van der Waals surface area contributed by atoms with Crippen LogP contribution >= 0.6 is 0 Å². The number of ether oxygens (including phenoxy) is 1. The van der Waals surface area contributed by atoms with Gasteiger partial charge in [0.1, 0.15) is 0 Å². The molecule has 1 heterocycles. The van der Waals surface area contributed by atoms with Gasteiger partial charge in [-0.1, -0.05) is 0 Å². The van der Waals surface area contributed by atoms with Crippen LogP contribution in [0.5, 0.6) is 0 Å². The summed E-state index contributed by atoms with van der Waals surface area (Å²) in [5, 5.41) is 8.80. The number of nitrogens with zero attached hydrogens (tertiary/aromatic N) is 1. The maximum absolute atomic E-state index is 10.7. The minimum atomic E-state index is -0.766. The molecule has 1 saturated heterocycles. The summed E-state index contributed by atoms with van der Waals surface area (Å²) in [4.78, 5) is 12.7. The van der Waals surface area contributed by atoms with Crippen molar-refractivity contribution in [2.75, 3.05) is 13.2 Å². The summed E-state index contributed by atoms with van der Waals surface area (Å²) in [6, 6.07) is 0.506. The summed E-state index contributed by atoms with van der Waals surface area (Å²) in [5.74, 6) is -0.766. The fraction of sp³-hybridized carbons (Fsp3) is 0.900. The molecular formula is C10H19NO3. The fourth-order valence-electron chi connectivity index (χ4n) is 1.99. The molecule has 1 aliphatic rings. The number of carboxylic acid groups (broad SMARTS) is 1. The van der Waals surface area contributed by atoms with Crippen LogP contribution in [0.1, 0.15) is 27.2 Å². The molecule has 0 radical (unpaired) electrons. The maximum Gasteiger partial charge on any atom is 0.317 e. The average molecular weight is 201 g/mol. The van der Waals surface area contributed by atoms with E-state index < -0.39 is 5.97 Å². The lowest BCUT2D eigenvalue weighted by atomic mass is 10.1. The van der Waals surface area contributed by atoms with Gasteiger partial charge >= 0.3 is 5.97 Å². The zero-order valence-electron chi connectivity index (χ0n) is 9.06. The molecule has 0 aromatic carbocycles. The molecule has 2 unspecified atom stereocenters. The van der Waals surface area contributed by atoms with Gasteiger partial charge in [-0.15, -0.1) is 0 Å². The van der Waals surface area contributed by atoms with Gasteiger partial charge in [-0.05, 0) is 27.2 Å². The Bertz CT molecular complexity index is 206. The Labute approximate surface area is 84.8 Å². The third-order valence-electron chi connectivity index (χ3n) is 2.74. The van der Waals surface area contributed by atoms with E-state index in [1.54, 1.807) is 0 Å². The summed E-state index contributed by atoms with van der Waals surface area (Å²) < 4.78 is 5.44. The highest BCUT2D eigenvalue weighted by Gasteiger charge is 2.32. The molecule has 0 amide bonds. The second kappa shape index (κ2) is 4.75. The van der Waals surface area contributed by atoms with Crippen molar-refractivity contribution in [2.45, 2.75) is 45.4 Å². The second-order valence-electron chi connectivity index (χ2n) is 4.09. The molecule has 0 aromatic heterocycles. The van der Waals surface area contributed by atoms with E-state index in [1.165, 1.54) is 0 Å². The van der Waals surface area contributed by atoms with Crippen molar-refractivity contribution in [1.82, 2.24) is 4.90 Å². The van der Waals surface area contributed by atoms with Crippen molar-refractivity contribution in [3.8, 4) is 0 Å². The lowest BCUT2D eigenvalue weighted by Gasteiger charge is -2.32. The number of carbonyl (C=O) groups is 1. The molecule has 0 bridgehead atoms. The largest absolute Gasteiger partial charge is 0.480 e. The Balaban J connectivity index is 2.61. The molecule has 1 aliphatic heterocycles. The van der Waals surface area contributed by atoms with Crippen LogP contribution in [-0.2, 0) is 9.53 Å². The molecule has 1 fully saturated rings. The van der Waals surface area contributed by atoms with E-state index in [4.69, 9.17) is 9.84 Å². The Morgan fingerprint density at radius 1 is 1.64 bits per heavy atom. The fourth-order valence-corrected chi connectivity index (χ4v) is 1.99. The quantitative estimate of drug-likeness (QED) is 0.736. The second-order valence-corrected chi connectivity index (χ2v) is 4.09. The average Bonchev–Trinajstić information content (AvgIpc) is 2.46. The molecule has 0 spiro atoms. The lowest BCUT2D eigenvalue weighted by Crippen LogP contribution is -2.46. The van der Waals surface area contributed by atoms with E-state index in [1.807, 2.05) is 25.7 Å². The van der Waals surface area contributed by atoms with E-state index in [0.29, 0.717) is 0 Å². The van der Waals surface area contributed by atoms with Gasteiger partial charge in [0.25, 0.3) is 0 Å². The van der Waals surface area contributed by atoms with E-state index in [9.17, 15) is 4.79 Å². The van der Waals surface area contributed by atoms with Crippen molar-refractivity contribution >= 4 is 5.97 Å². The van der Waals surface area contributed by atoms with Crippen LogP contribution in [0.25, 0.3) is 0 Å². The van der Waals surface area contributed by atoms with Gasteiger partial charge in [-0.3, -0.25) is 9.69 Å². The Kier molecular flexibility index (Phi) is 3.89. The maximum atomic E-state index is 10.7. The van der Waals surface area contributed by atoms with Gasteiger partial charge in [0.2, 0.25) is 0 Å². The molecular weight excluding hydrogens is 182 g/mol. The van der Waals surface area contributed by atoms with Gasteiger partial charge < -0.3 is 9.84 Å². The number of aliphatic carboxylic acids is 1. The monoisotopic (exact) mass is 201 g/mol. The minimum Gasteiger partial charge on any atom is -0.480 e. The zero-order valence-corrected chi connectivity index (χ0v) is 9.06. The molecule has 0 aromatic rings. The molecule has 0 saturated carbocycles. The summed E-state index contributed by atoms with van der Waals surface area (Å²) in [6.45, 7) is 6.90. The highest BCUT2D eigenvalue weighted by Crippen LogP contribution is 2.21. The molecule has 1 rings (SSSR count). The minimum absolute atomic E-state index is 0.107. The van der Waals surface area contributed by atoms with Gasteiger partial charge in [0.15, 0.2) is 0 Å². The Hall–Kier alpha value is -0.610. The first-order chi connectivity index (χ1) is 6.52. The predicted octanol–water partition coefficient (Wildman–Crippen LogP) is 0.959. The topological polar surface area (TPSA) is 49.8 Å². The Morgan fingerprint density at radius 2 is 2.29 bits per heavy atom. The van der Waals surface area contributed by atoms with Gasteiger partial charge in [-0.25, -0.2) is 0 Å². The molecule has 2 atom stereocenters. The van der Waals surface area contributed by atoms with Crippen LogP contribution in [0.3, 0.4) is 0 Å². The number of rotatable bonds is 4. The van der Waals surface area contributed by atoms with Crippen molar-refractivity contribution in [3.63, 3.8) is 0 Å². The van der Waals surface area contributed by atoms with Crippen LogP contribution in [0.2, 0.25) is 0 Å². The lowest BCUT2D eigenvalue weighted by molar-refractivity contribution is -0.139. The molecule has 14 heavy (non-hydrogen) atoms. The summed E-state index contributed by atoms with van der Waals surface area (Å²) in [6.07, 6.45) is 1.09. The summed E-state index contributed by atoms with van der Waals surface area (Å²) in [7, 11) is 0. The first-order valence-corrected chi connectivity index (χ1v) is 5.11. The number of hydrogen-bond acceptors (Lipinski definition) is 3. The van der Waals surface area contributed by atoms with Crippen molar-refractivity contribution < 1.29 is 14.6 Å². The number of carboxylic acids is 1. The molecule has 4 nitrogen and oxygen atoms in total. The van der Waals surface area contributed by atoms with E-state index in [-0.39, 0.29) is 24.7 Å². The standard InChI is InChI=1S/C10H19NO3/c1-7(2)11(6-10(12)13)9-4-5-14-8(9)3/h7-9H,4-6H2,1-3H3,(H,12,13). The SMILES string of the molecule is CC1OCCC1N(CC(=O)O)C(C)C. The van der Waals surface area contributed by atoms with Crippen LogP contribution in [0.15, 0.2) is 0 Å². The third-order valence-corrected chi connectivity index (χ3v) is 2.74. The van der Waals surface area contributed by atoms with Crippen LogP contribution in [0.4, 0.5) is 0 Å². The van der Waals surface area contributed by atoms with E-state index in [0.717, 1.165) is 13.0 Å². The highest BCUT2D eigenvalue weighted by atomic mass is 16.5. The molecule has 0 aliphatic carbocycles. The summed E-state index contributed by atoms with van der Waals surface area (Å²) in [5.41, 5.74) is 0. The molecule has 1 N–H and O–H groups in total. The number of hydrogen-bond donors (Lipinski definition) is 1. The molecule has 82 valence electrons. The van der Waals surface area contributed by atoms with Crippen LogP contribution < -0.4 is 0 Å². The normalized spacial score (nSPS) is 27.5. The smallest absolute Gasteiger partial charge is 0.317 e. The van der Waals surface area contributed by atoms with Gasteiger partial charge in [0, 0.05) is 18.7 Å². The van der Waals surface area contributed by atoms with Gasteiger partial charge in [0.05, 0.1) is 12.6 Å². The first kappa shape index (κ1) is 11.5. The van der Waals surface area contributed by atoms with Crippen molar-refractivity contribution in [3.05, 3.63) is 0 Å². The van der Waals surface area contributed by atoms with E-state index >= 15 is 0 Å². The summed E-state index contributed by atoms with van der Waals surface area (Å²) >= 11 is 0. The zero-order chi connectivity index (χ0) is 10.7. The third kappa shape index (κ3) is 2.69.